The fourth-order valence-electron chi connectivity index (χ4n) is 2.52. The SMILES string of the molecule is CN=C(NCCCCC(C)C)NCc1nc(-c2ccc(OC)cc2)n[nH]1.I. The minimum atomic E-state index is 0. The van der Waals surface area contributed by atoms with E-state index < -0.39 is 0 Å². The molecule has 1 aromatic carbocycles. The van der Waals surface area contributed by atoms with Gasteiger partial charge in [0.2, 0.25) is 0 Å². The van der Waals surface area contributed by atoms with Crippen LogP contribution in [-0.2, 0) is 6.54 Å². The van der Waals surface area contributed by atoms with Gasteiger partial charge in [-0.05, 0) is 36.6 Å². The summed E-state index contributed by atoms with van der Waals surface area (Å²) in [5, 5.41) is 13.8. The number of halogens is 1. The molecule has 27 heavy (non-hydrogen) atoms. The summed E-state index contributed by atoms with van der Waals surface area (Å²) in [6, 6.07) is 7.68. The van der Waals surface area contributed by atoms with E-state index >= 15 is 0 Å². The van der Waals surface area contributed by atoms with E-state index in [1.165, 1.54) is 12.8 Å². The van der Waals surface area contributed by atoms with Crippen molar-refractivity contribution in [3.63, 3.8) is 0 Å². The Balaban J connectivity index is 0.00000364. The number of aromatic amines is 1. The zero-order valence-corrected chi connectivity index (χ0v) is 18.9. The van der Waals surface area contributed by atoms with Gasteiger partial charge in [-0.2, -0.15) is 5.10 Å². The predicted octanol–water partition coefficient (Wildman–Crippen LogP) is 3.59. The topological polar surface area (TPSA) is 87.2 Å². The molecule has 3 N–H and O–H groups in total. The van der Waals surface area contributed by atoms with Gasteiger partial charge >= 0.3 is 0 Å². The van der Waals surface area contributed by atoms with Crippen LogP contribution < -0.4 is 15.4 Å². The summed E-state index contributed by atoms with van der Waals surface area (Å²) in [7, 11) is 3.42. The number of unbranched alkanes of at least 4 members (excludes halogenated alkanes) is 1. The molecule has 1 heterocycles. The molecule has 150 valence electrons. The second-order valence-electron chi connectivity index (χ2n) is 6.58. The Morgan fingerprint density at radius 2 is 1.93 bits per heavy atom. The van der Waals surface area contributed by atoms with E-state index in [0.717, 1.165) is 42.0 Å². The summed E-state index contributed by atoms with van der Waals surface area (Å²) in [5.41, 5.74) is 0.945. The number of ether oxygens (including phenoxy) is 1. The van der Waals surface area contributed by atoms with Crippen LogP contribution >= 0.6 is 24.0 Å². The van der Waals surface area contributed by atoms with Crippen LogP contribution in [0.4, 0.5) is 0 Å². The number of nitrogens with zero attached hydrogens (tertiary/aromatic N) is 3. The number of hydrogen-bond donors (Lipinski definition) is 3. The smallest absolute Gasteiger partial charge is 0.191 e. The maximum Gasteiger partial charge on any atom is 0.191 e. The van der Waals surface area contributed by atoms with E-state index in [2.05, 4.69) is 44.7 Å². The van der Waals surface area contributed by atoms with Gasteiger partial charge in [0.25, 0.3) is 0 Å². The van der Waals surface area contributed by atoms with Gasteiger partial charge in [0.15, 0.2) is 11.8 Å². The lowest BCUT2D eigenvalue weighted by atomic mass is 10.1. The summed E-state index contributed by atoms with van der Waals surface area (Å²) in [6.07, 6.45) is 3.64. The van der Waals surface area contributed by atoms with Crippen molar-refractivity contribution in [1.29, 1.82) is 0 Å². The van der Waals surface area contributed by atoms with Crippen LogP contribution in [0.25, 0.3) is 11.4 Å². The van der Waals surface area contributed by atoms with Crippen LogP contribution in [0.2, 0.25) is 0 Å². The first-order valence-corrected chi connectivity index (χ1v) is 9.12. The number of guanidine groups is 1. The number of hydrogen-bond acceptors (Lipinski definition) is 4. The summed E-state index contributed by atoms with van der Waals surface area (Å²) in [5.74, 6) is 3.78. The molecule has 0 unspecified atom stereocenters. The quantitative estimate of drug-likeness (QED) is 0.218. The highest BCUT2D eigenvalue weighted by atomic mass is 127. The first-order chi connectivity index (χ1) is 12.6. The van der Waals surface area contributed by atoms with Crippen LogP contribution in [0, 0.1) is 5.92 Å². The van der Waals surface area contributed by atoms with Gasteiger partial charge in [-0.1, -0.05) is 26.7 Å². The molecule has 0 atom stereocenters. The highest BCUT2D eigenvalue weighted by Crippen LogP contribution is 2.18. The molecular weight excluding hydrogens is 455 g/mol. The van der Waals surface area contributed by atoms with Gasteiger partial charge in [-0.25, -0.2) is 4.98 Å². The van der Waals surface area contributed by atoms with Crippen LogP contribution in [-0.4, -0.2) is 41.8 Å². The van der Waals surface area contributed by atoms with E-state index in [9.17, 15) is 0 Å². The Kier molecular flexibility index (Phi) is 10.8. The molecule has 0 aliphatic carbocycles. The van der Waals surface area contributed by atoms with Crippen molar-refractivity contribution in [2.75, 3.05) is 20.7 Å². The van der Waals surface area contributed by atoms with Crippen LogP contribution in [0.1, 0.15) is 38.9 Å². The van der Waals surface area contributed by atoms with Crippen molar-refractivity contribution in [3.05, 3.63) is 30.1 Å². The van der Waals surface area contributed by atoms with Gasteiger partial charge < -0.3 is 15.4 Å². The largest absolute Gasteiger partial charge is 0.497 e. The van der Waals surface area contributed by atoms with Crippen molar-refractivity contribution in [2.24, 2.45) is 10.9 Å². The minimum Gasteiger partial charge on any atom is -0.497 e. The monoisotopic (exact) mass is 486 g/mol. The maximum atomic E-state index is 5.17. The molecule has 0 aliphatic rings. The number of aliphatic imine (C=N–C) groups is 1. The van der Waals surface area contributed by atoms with Gasteiger partial charge in [-0.3, -0.25) is 10.1 Å². The summed E-state index contributed by atoms with van der Waals surface area (Å²) in [6.45, 7) is 5.96. The van der Waals surface area contributed by atoms with Crippen molar-refractivity contribution in [3.8, 4) is 17.1 Å². The average Bonchev–Trinajstić information content (AvgIpc) is 3.12. The Morgan fingerprint density at radius 1 is 1.19 bits per heavy atom. The molecule has 1 aromatic heterocycles. The summed E-state index contributed by atoms with van der Waals surface area (Å²) >= 11 is 0. The summed E-state index contributed by atoms with van der Waals surface area (Å²) in [4.78, 5) is 8.76. The molecule has 0 aliphatic heterocycles. The zero-order valence-electron chi connectivity index (χ0n) is 16.6. The highest BCUT2D eigenvalue weighted by Gasteiger charge is 2.07. The third-order valence-electron chi connectivity index (χ3n) is 4.03. The summed E-state index contributed by atoms with van der Waals surface area (Å²) < 4.78 is 5.17. The standard InChI is InChI=1S/C19H30N6O.HI/c1-14(2)7-5-6-12-21-19(20-3)22-13-17-23-18(25-24-17)15-8-10-16(26-4)11-9-15;/h8-11,14H,5-7,12-13H2,1-4H3,(H2,20,21,22)(H,23,24,25);1H. The molecule has 0 saturated carbocycles. The highest BCUT2D eigenvalue weighted by molar-refractivity contribution is 14.0. The van der Waals surface area contributed by atoms with E-state index in [4.69, 9.17) is 4.74 Å². The van der Waals surface area contributed by atoms with Gasteiger partial charge in [0.05, 0.1) is 13.7 Å². The van der Waals surface area contributed by atoms with E-state index in [1.54, 1.807) is 14.2 Å². The van der Waals surface area contributed by atoms with Crippen LogP contribution in [0.15, 0.2) is 29.3 Å². The molecule has 7 nitrogen and oxygen atoms in total. The van der Waals surface area contributed by atoms with Crippen LogP contribution in [0.3, 0.4) is 0 Å². The Morgan fingerprint density at radius 3 is 2.56 bits per heavy atom. The number of rotatable bonds is 9. The Labute approximate surface area is 178 Å². The molecule has 8 heteroatoms. The molecule has 0 spiro atoms. The lowest BCUT2D eigenvalue weighted by molar-refractivity contribution is 0.415. The fraction of sp³-hybridized carbons (Fsp3) is 0.526. The predicted molar refractivity (Wildman–Crippen MR) is 121 cm³/mol. The third-order valence-corrected chi connectivity index (χ3v) is 4.03. The molecule has 2 aromatic rings. The third kappa shape index (κ3) is 8.15. The molecule has 0 bridgehead atoms. The van der Waals surface area contributed by atoms with Crippen molar-refractivity contribution in [1.82, 2.24) is 25.8 Å². The van der Waals surface area contributed by atoms with E-state index in [1.807, 2.05) is 24.3 Å². The Hall–Kier alpha value is -1.84. The number of H-pyrrole nitrogens is 1. The number of aromatic nitrogens is 3. The second kappa shape index (κ2) is 12.5. The second-order valence-corrected chi connectivity index (χ2v) is 6.58. The lowest BCUT2D eigenvalue weighted by Gasteiger charge is -2.11. The van der Waals surface area contributed by atoms with Crippen LogP contribution in [0.5, 0.6) is 5.75 Å². The molecule has 0 saturated heterocycles. The van der Waals surface area contributed by atoms with Gasteiger partial charge in [0.1, 0.15) is 11.6 Å². The maximum absolute atomic E-state index is 5.17. The van der Waals surface area contributed by atoms with Gasteiger partial charge in [-0.15, -0.1) is 24.0 Å². The number of nitrogens with one attached hydrogen (secondary N) is 3. The van der Waals surface area contributed by atoms with E-state index in [0.29, 0.717) is 12.4 Å². The van der Waals surface area contributed by atoms with E-state index in [-0.39, 0.29) is 24.0 Å². The molecule has 0 fully saturated rings. The molecule has 0 amide bonds. The number of methoxy groups -OCH3 is 1. The first kappa shape index (κ1) is 23.2. The average molecular weight is 486 g/mol. The molecule has 2 rings (SSSR count). The normalized spacial score (nSPS) is 11.2. The molecular formula is C19H31IN6O. The van der Waals surface area contributed by atoms with Crippen molar-refractivity contribution < 1.29 is 4.74 Å². The zero-order chi connectivity index (χ0) is 18.8. The number of benzene rings is 1. The van der Waals surface area contributed by atoms with Crippen molar-refractivity contribution in [2.45, 2.75) is 39.7 Å². The van der Waals surface area contributed by atoms with Gasteiger partial charge in [0, 0.05) is 19.2 Å². The van der Waals surface area contributed by atoms with Crippen molar-refractivity contribution >= 4 is 29.9 Å². The first-order valence-electron chi connectivity index (χ1n) is 9.12. The molecule has 0 radical (unpaired) electrons. The lowest BCUT2D eigenvalue weighted by Crippen LogP contribution is -2.37. The minimum absolute atomic E-state index is 0. The Bertz CT molecular complexity index is 684. The fourth-order valence-corrected chi connectivity index (χ4v) is 2.52.